The summed E-state index contributed by atoms with van der Waals surface area (Å²) in [6, 6.07) is 6.28. The van der Waals surface area contributed by atoms with Crippen molar-refractivity contribution in [2.24, 2.45) is 0 Å². The first-order valence-electron chi connectivity index (χ1n) is 6.15. The number of phosphoric ester groups is 1. The zero-order chi connectivity index (χ0) is 16.0. The Labute approximate surface area is 123 Å². The maximum absolute atomic E-state index is 11.9. The number of rotatable bonds is 7. The van der Waals surface area contributed by atoms with Crippen molar-refractivity contribution in [2.75, 3.05) is 27.8 Å². The van der Waals surface area contributed by atoms with Crippen molar-refractivity contribution in [1.82, 2.24) is 4.90 Å². The van der Waals surface area contributed by atoms with E-state index < -0.39 is 7.82 Å². The van der Waals surface area contributed by atoms with Gasteiger partial charge in [0.15, 0.2) is 5.78 Å². The van der Waals surface area contributed by atoms with Crippen molar-refractivity contribution in [2.45, 2.75) is 6.42 Å². The minimum absolute atomic E-state index is 0.0898. The van der Waals surface area contributed by atoms with Crippen LogP contribution in [0, 0.1) is 0 Å². The van der Waals surface area contributed by atoms with E-state index in [1.807, 2.05) is 0 Å². The molecule has 0 radical (unpaired) electrons. The van der Waals surface area contributed by atoms with Crippen LogP contribution in [0.3, 0.4) is 0 Å². The summed E-state index contributed by atoms with van der Waals surface area (Å²) in [7, 11) is 0.207. The molecule has 1 atom stereocenters. The zero-order valence-electron chi connectivity index (χ0n) is 12.1. The fourth-order valence-electron chi connectivity index (χ4n) is 1.53. The van der Waals surface area contributed by atoms with Gasteiger partial charge in [-0.15, -0.1) is 0 Å². The molecule has 8 heteroatoms. The molecular weight excluding hydrogens is 297 g/mol. The van der Waals surface area contributed by atoms with Crippen LogP contribution < -0.4 is 0 Å². The van der Waals surface area contributed by atoms with Gasteiger partial charge in [0, 0.05) is 38.8 Å². The van der Waals surface area contributed by atoms with E-state index in [2.05, 4.69) is 9.05 Å². The van der Waals surface area contributed by atoms with Gasteiger partial charge in [0.25, 0.3) is 5.91 Å². The molecule has 21 heavy (non-hydrogen) atoms. The Hall–Kier alpha value is -1.53. The molecular formula is C13H18NO6P. The minimum atomic E-state index is -4.07. The molecule has 0 saturated carbocycles. The molecule has 0 aliphatic rings. The van der Waals surface area contributed by atoms with E-state index in [4.69, 9.17) is 4.89 Å². The van der Waals surface area contributed by atoms with Gasteiger partial charge in [0.05, 0.1) is 6.61 Å². The van der Waals surface area contributed by atoms with Gasteiger partial charge >= 0.3 is 7.82 Å². The van der Waals surface area contributed by atoms with Crippen LogP contribution in [0.25, 0.3) is 0 Å². The number of carbonyl (C=O) groups excluding carboxylic acids is 2. The van der Waals surface area contributed by atoms with Crippen molar-refractivity contribution >= 4 is 19.5 Å². The molecule has 0 aliphatic carbocycles. The van der Waals surface area contributed by atoms with Crippen LogP contribution in [-0.2, 0) is 13.6 Å². The monoisotopic (exact) mass is 315 g/mol. The Kier molecular flexibility index (Phi) is 6.23. The second-order valence-corrected chi connectivity index (χ2v) is 6.00. The van der Waals surface area contributed by atoms with E-state index in [1.54, 1.807) is 32.3 Å². The zero-order valence-corrected chi connectivity index (χ0v) is 13.0. The number of benzene rings is 1. The van der Waals surface area contributed by atoms with Crippen molar-refractivity contribution < 1.29 is 28.1 Å². The van der Waals surface area contributed by atoms with Crippen LogP contribution in [0.4, 0.5) is 0 Å². The quantitative estimate of drug-likeness (QED) is 0.608. The van der Waals surface area contributed by atoms with E-state index in [0.29, 0.717) is 11.1 Å². The first-order valence-corrected chi connectivity index (χ1v) is 7.64. The smallest absolute Gasteiger partial charge is 0.345 e. The molecule has 0 aromatic heterocycles. The fraction of sp³-hybridized carbons (Fsp3) is 0.385. The Morgan fingerprint density at radius 3 is 2.48 bits per heavy atom. The summed E-state index contributed by atoms with van der Waals surface area (Å²) in [4.78, 5) is 34.2. The van der Waals surface area contributed by atoms with Crippen LogP contribution >= 0.6 is 7.82 Å². The predicted molar refractivity (Wildman–Crippen MR) is 76.2 cm³/mol. The molecule has 1 aromatic rings. The Bertz CT molecular complexity index is 572. The van der Waals surface area contributed by atoms with Crippen molar-refractivity contribution in [3.8, 4) is 0 Å². The van der Waals surface area contributed by atoms with Crippen molar-refractivity contribution in [1.29, 1.82) is 0 Å². The van der Waals surface area contributed by atoms with Gasteiger partial charge in [0.1, 0.15) is 0 Å². The standard InChI is InChI=1S/C13H18NO6P/c1-14(2)13(16)11-6-4-5-10(9-11)12(15)7-8-20-21(17,18)19-3/h4-6,9H,7-8H2,1-3H3,(H,17,18). The second kappa shape index (κ2) is 7.47. The highest BCUT2D eigenvalue weighted by Crippen LogP contribution is 2.41. The van der Waals surface area contributed by atoms with Gasteiger partial charge in [-0.2, -0.15) is 0 Å². The summed E-state index contributed by atoms with van der Waals surface area (Å²) in [5.41, 5.74) is 0.743. The van der Waals surface area contributed by atoms with E-state index in [-0.39, 0.29) is 24.7 Å². The van der Waals surface area contributed by atoms with E-state index >= 15 is 0 Å². The van der Waals surface area contributed by atoms with Crippen LogP contribution in [0.1, 0.15) is 27.1 Å². The van der Waals surface area contributed by atoms with E-state index in [0.717, 1.165) is 7.11 Å². The lowest BCUT2D eigenvalue weighted by atomic mass is 10.0. The highest BCUT2D eigenvalue weighted by atomic mass is 31.2. The van der Waals surface area contributed by atoms with Crippen LogP contribution in [0.5, 0.6) is 0 Å². The van der Waals surface area contributed by atoms with Gasteiger partial charge < -0.3 is 9.79 Å². The van der Waals surface area contributed by atoms with Gasteiger partial charge in [-0.25, -0.2) is 4.57 Å². The topological polar surface area (TPSA) is 93.1 Å². The minimum Gasteiger partial charge on any atom is -0.345 e. The Morgan fingerprint density at radius 1 is 1.29 bits per heavy atom. The largest absolute Gasteiger partial charge is 0.471 e. The second-order valence-electron chi connectivity index (χ2n) is 4.44. The van der Waals surface area contributed by atoms with Crippen LogP contribution in [-0.4, -0.2) is 49.3 Å². The molecule has 0 spiro atoms. The molecule has 0 saturated heterocycles. The summed E-state index contributed by atoms with van der Waals surface area (Å²) < 4.78 is 19.9. The van der Waals surface area contributed by atoms with Gasteiger partial charge in [-0.3, -0.25) is 18.6 Å². The third kappa shape index (κ3) is 5.40. The number of nitrogens with zero attached hydrogens (tertiary/aromatic N) is 1. The number of ketones is 1. The molecule has 1 rings (SSSR count). The van der Waals surface area contributed by atoms with Crippen molar-refractivity contribution in [3.05, 3.63) is 35.4 Å². The number of hydrogen-bond donors (Lipinski definition) is 1. The molecule has 1 N–H and O–H groups in total. The lowest BCUT2D eigenvalue weighted by molar-refractivity contribution is 0.0827. The first-order chi connectivity index (χ1) is 9.76. The Morgan fingerprint density at radius 2 is 1.90 bits per heavy atom. The number of hydrogen-bond acceptors (Lipinski definition) is 5. The summed E-state index contributed by atoms with van der Waals surface area (Å²) >= 11 is 0. The van der Waals surface area contributed by atoms with Gasteiger partial charge in [0.2, 0.25) is 0 Å². The molecule has 1 unspecified atom stereocenters. The van der Waals surface area contributed by atoms with Crippen molar-refractivity contribution in [3.63, 3.8) is 0 Å². The summed E-state index contributed by atoms with van der Waals surface area (Å²) in [6.45, 7) is -0.244. The number of amides is 1. The third-order valence-corrected chi connectivity index (χ3v) is 3.62. The molecule has 0 heterocycles. The first kappa shape index (κ1) is 17.5. The summed E-state index contributed by atoms with van der Waals surface area (Å²) in [6.07, 6.45) is -0.0898. The highest BCUT2D eigenvalue weighted by molar-refractivity contribution is 7.47. The lowest BCUT2D eigenvalue weighted by Gasteiger charge is -2.11. The van der Waals surface area contributed by atoms with Crippen LogP contribution in [0.15, 0.2) is 24.3 Å². The average Bonchev–Trinajstić information content (AvgIpc) is 2.46. The van der Waals surface area contributed by atoms with Gasteiger partial charge in [-0.1, -0.05) is 12.1 Å². The predicted octanol–water partition coefficient (Wildman–Crippen LogP) is 1.72. The summed E-state index contributed by atoms with van der Waals surface area (Å²) in [5, 5.41) is 0. The SMILES string of the molecule is COP(=O)(O)OCCC(=O)c1cccc(C(=O)N(C)C)c1. The van der Waals surface area contributed by atoms with Crippen LogP contribution in [0.2, 0.25) is 0 Å². The number of carbonyl (C=O) groups is 2. The van der Waals surface area contributed by atoms with E-state index in [9.17, 15) is 14.2 Å². The molecule has 1 aromatic carbocycles. The molecule has 0 bridgehead atoms. The molecule has 116 valence electrons. The van der Waals surface area contributed by atoms with Gasteiger partial charge in [-0.05, 0) is 12.1 Å². The molecule has 0 aliphatic heterocycles. The fourth-order valence-corrected chi connectivity index (χ4v) is 1.96. The molecule has 7 nitrogen and oxygen atoms in total. The normalized spacial score (nSPS) is 13.5. The summed E-state index contributed by atoms with van der Waals surface area (Å²) in [5.74, 6) is -0.500. The average molecular weight is 315 g/mol. The molecule has 1 amide bonds. The number of Topliss-reactive ketones (excluding diaryl/α,β-unsaturated/α-hetero) is 1. The maximum Gasteiger partial charge on any atom is 0.471 e. The molecule has 0 fully saturated rings. The third-order valence-electron chi connectivity index (χ3n) is 2.65. The Balaban J connectivity index is 2.69. The highest BCUT2D eigenvalue weighted by Gasteiger charge is 2.19. The maximum atomic E-state index is 11.9. The lowest BCUT2D eigenvalue weighted by Crippen LogP contribution is -2.21. The van der Waals surface area contributed by atoms with E-state index in [1.165, 1.54) is 11.0 Å². The number of phosphoric acid groups is 1.